The highest BCUT2D eigenvalue weighted by molar-refractivity contribution is 5.79. The van der Waals surface area contributed by atoms with Crippen LogP contribution in [0.1, 0.15) is 31.2 Å². The fourth-order valence-electron chi connectivity index (χ4n) is 4.17. The van der Waals surface area contributed by atoms with Crippen molar-refractivity contribution < 1.29 is 14.3 Å². The number of hydrogen-bond donors (Lipinski definition) is 0. The standard InChI is InChI=1S/C21H24N2O3/c1-15-5-2-3-7-20(15)25-14-21(24)23-16-8-9-17(23)12-19(11-16)26-18-6-4-10-22-13-18/h2-7,10,13,16-17,19H,8-9,11-12,14H2,1H3/t16-,17-/m0/s1. The number of aromatic nitrogens is 1. The summed E-state index contributed by atoms with van der Waals surface area (Å²) >= 11 is 0. The normalized spacial score (nSPS) is 24.3. The summed E-state index contributed by atoms with van der Waals surface area (Å²) in [6.07, 6.45) is 7.49. The van der Waals surface area contributed by atoms with Crippen molar-refractivity contribution in [3.63, 3.8) is 0 Å². The number of pyridine rings is 1. The summed E-state index contributed by atoms with van der Waals surface area (Å²) in [5.74, 6) is 1.67. The maximum Gasteiger partial charge on any atom is 0.261 e. The second-order valence-electron chi connectivity index (χ2n) is 7.14. The lowest BCUT2D eigenvalue weighted by molar-refractivity contribution is -0.139. The summed E-state index contributed by atoms with van der Waals surface area (Å²) < 4.78 is 11.8. The van der Waals surface area contributed by atoms with Crippen molar-refractivity contribution in [2.75, 3.05) is 6.61 Å². The van der Waals surface area contributed by atoms with Crippen LogP contribution in [0.3, 0.4) is 0 Å². The van der Waals surface area contributed by atoms with Gasteiger partial charge in [-0.1, -0.05) is 18.2 Å². The van der Waals surface area contributed by atoms with Crippen molar-refractivity contribution in [1.29, 1.82) is 0 Å². The highest BCUT2D eigenvalue weighted by atomic mass is 16.5. The number of rotatable bonds is 5. The molecule has 2 aromatic rings. The molecule has 1 amide bonds. The summed E-state index contributed by atoms with van der Waals surface area (Å²) in [5.41, 5.74) is 1.05. The molecule has 0 N–H and O–H groups in total. The van der Waals surface area contributed by atoms with Gasteiger partial charge in [-0.3, -0.25) is 9.78 Å². The third-order valence-corrected chi connectivity index (χ3v) is 5.36. The summed E-state index contributed by atoms with van der Waals surface area (Å²) in [6, 6.07) is 12.1. The molecule has 0 saturated carbocycles. The average Bonchev–Trinajstić information content (AvgIpc) is 2.93. The van der Waals surface area contributed by atoms with E-state index in [0.29, 0.717) is 0 Å². The lowest BCUT2D eigenvalue weighted by Crippen LogP contribution is -2.50. The predicted octanol–water partition coefficient (Wildman–Crippen LogP) is 3.37. The van der Waals surface area contributed by atoms with Crippen LogP contribution < -0.4 is 9.47 Å². The van der Waals surface area contributed by atoms with Crippen molar-refractivity contribution in [2.45, 2.75) is 50.8 Å². The molecule has 3 heterocycles. The molecule has 4 rings (SSSR count). The number of piperidine rings is 1. The van der Waals surface area contributed by atoms with Gasteiger partial charge in [0.1, 0.15) is 17.6 Å². The fraction of sp³-hybridized carbons (Fsp3) is 0.429. The fourth-order valence-corrected chi connectivity index (χ4v) is 4.17. The van der Waals surface area contributed by atoms with E-state index >= 15 is 0 Å². The number of carbonyl (C=O) groups excluding carboxylic acids is 1. The molecule has 2 bridgehead atoms. The Morgan fingerprint density at radius 2 is 1.92 bits per heavy atom. The average molecular weight is 352 g/mol. The Bertz CT molecular complexity index is 751. The Morgan fingerprint density at radius 1 is 1.15 bits per heavy atom. The lowest BCUT2D eigenvalue weighted by atomic mass is 9.99. The van der Waals surface area contributed by atoms with E-state index in [9.17, 15) is 4.79 Å². The van der Waals surface area contributed by atoms with Crippen LogP contribution in [0.4, 0.5) is 0 Å². The zero-order chi connectivity index (χ0) is 17.9. The number of aryl methyl sites for hydroxylation is 1. The van der Waals surface area contributed by atoms with Gasteiger partial charge in [0.15, 0.2) is 6.61 Å². The minimum atomic E-state index is 0.0839. The molecule has 5 nitrogen and oxygen atoms in total. The first-order valence-corrected chi connectivity index (χ1v) is 9.27. The van der Waals surface area contributed by atoms with Crippen molar-refractivity contribution >= 4 is 5.91 Å². The smallest absolute Gasteiger partial charge is 0.261 e. The SMILES string of the molecule is Cc1ccccc1OCC(=O)N1[C@H]2CC[C@H]1CC(Oc1cccnc1)C2. The van der Waals surface area contributed by atoms with E-state index in [1.807, 2.05) is 48.2 Å². The molecule has 2 fully saturated rings. The summed E-state index contributed by atoms with van der Waals surface area (Å²) in [7, 11) is 0. The van der Waals surface area contributed by atoms with Gasteiger partial charge in [-0.25, -0.2) is 0 Å². The van der Waals surface area contributed by atoms with Crippen LogP contribution in [0.2, 0.25) is 0 Å². The minimum Gasteiger partial charge on any atom is -0.489 e. The minimum absolute atomic E-state index is 0.0839. The van der Waals surface area contributed by atoms with Crippen LogP contribution in [0.5, 0.6) is 11.5 Å². The molecule has 1 aromatic carbocycles. The van der Waals surface area contributed by atoms with Crippen molar-refractivity contribution in [3.8, 4) is 11.5 Å². The predicted molar refractivity (Wildman–Crippen MR) is 98.2 cm³/mol. The topological polar surface area (TPSA) is 51.7 Å². The van der Waals surface area contributed by atoms with Crippen LogP contribution in [0.15, 0.2) is 48.8 Å². The molecule has 0 spiro atoms. The number of benzene rings is 1. The number of amides is 1. The van der Waals surface area contributed by atoms with Gasteiger partial charge in [0, 0.05) is 31.1 Å². The van der Waals surface area contributed by atoms with Crippen LogP contribution in [0.25, 0.3) is 0 Å². The van der Waals surface area contributed by atoms with E-state index in [0.717, 1.165) is 42.7 Å². The Kier molecular flexibility index (Phi) is 4.78. The zero-order valence-corrected chi connectivity index (χ0v) is 15.0. The number of ether oxygens (including phenoxy) is 2. The van der Waals surface area contributed by atoms with Gasteiger partial charge in [0.05, 0.1) is 6.20 Å². The van der Waals surface area contributed by atoms with E-state index in [-0.39, 0.29) is 30.7 Å². The molecule has 5 heteroatoms. The number of nitrogens with zero attached hydrogens (tertiary/aromatic N) is 2. The van der Waals surface area contributed by atoms with Gasteiger partial charge in [-0.15, -0.1) is 0 Å². The lowest BCUT2D eigenvalue weighted by Gasteiger charge is -2.38. The highest BCUT2D eigenvalue weighted by Crippen LogP contribution is 2.37. The quantitative estimate of drug-likeness (QED) is 0.828. The Hall–Kier alpha value is -2.56. The van der Waals surface area contributed by atoms with Crippen LogP contribution in [0, 0.1) is 6.92 Å². The van der Waals surface area contributed by atoms with Crippen molar-refractivity contribution in [2.24, 2.45) is 0 Å². The third kappa shape index (κ3) is 3.52. The van der Waals surface area contributed by atoms with Gasteiger partial charge < -0.3 is 14.4 Å². The van der Waals surface area contributed by atoms with Gasteiger partial charge in [0.25, 0.3) is 5.91 Å². The summed E-state index contributed by atoms with van der Waals surface area (Å²) in [6.45, 7) is 2.09. The van der Waals surface area contributed by atoms with Crippen LogP contribution in [-0.2, 0) is 4.79 Å². The molecule has 0 unspecified atom stereocenters. The van der Waals surface area contributed by atoms with E-state index < -0.39 is 0 Å². The number of hydrogen-bond acceptors (Lipinski definition) is 4. The molecule has 0 radical (unpaired) electrons. The van der Waals surface area contributed by atoms with E-state index in [4.69, 9.17) is 9.47 Å². The molecular formula is C21H24N2O3. The monoisotopic (exact) mass is 352 g/mol. The Labute approximate surface area is 153 Å². The largest absolute Gasteiger partial charge is 0.489 e. The molecule has 2 saturated heterocycles. The van der Waals surface area contributed by atoms with Crippen molar-refractivity contribution in [1.82, 2.24) is 9.88 Å². The molecule has 0 aliphatic carbocycles. The molecule has 2 aliphatic rings. The first-order chi connectivity index (χ1) is 12.7. The van der Waals surface area contributed by atoms with Crippen LogP contribution >= 0.6 is 0 Å². The molecule has 136 valence electrons. The van der Waals surface area contributed by atoms with E-state index in [1.54, 1.807) is 12.4 Å². The number of para-hydroxylation sites is 1. The third-order valence-electron chi connectivity index (χ3n) is 5.36. The van der Waals surface area contributed by atoms with Crippen molar-refractivity contribution in [3.05, 3.63) is 54.4 Å². The van der Waals surface area contributed by atoms with E-state index in [1.165, 1.54) is 0 Å². The molecule has 2 aliphatic heterocycles. The maximum absolute atomic E-state index is 12.8. The van der Waals surface area contributed by atoms with Crippen LogP contribution in [-0.4, -0.2) is 40.6 Å². The van der Waals surface area contributed by atoms with Gasteiger partial charge in [-0.2, -0.15) is 0 Å². The van der Waals surface area contributed by atoms with Gasteiger partial charge in [0.2, 0.25) is 0 Å². The second kappa shape index (κ2) is 7.36. The first kappa shape index (κ1) is 16.9. The maximum atomic E-state index is 12.8. The van der Waals surface area contributed by atoms with Gasteiger partial charge >= 0.3 is 0 Å². The highest BCUT2D eigenvalue weighted by Gasteiger charge is 2.44. The number of carbonyl (C=O) groups is 1. The summed E-state index contributed by atoms with van der Waals surface area (Å²) in [4.78, 5) is 18.9. The first-order valence-electron chi connectivity index (χ1n) is 9.27. The molecule has 26 heavy (non-hydrogen) atoms. The molecular weight excluding hydrogens is 328 g/mol. The number of fused-ring (bicyclic) bond motifs is 2. The van der Waals surface area contributed by atoms with E-state index in [2.05, 4.69) is 4.98 Å². The molecule has 1 aromatic heterocycles. The van der Waals surface area contributed by atoms with Gasteiger partial charge in [-0.05, 0) is 43.5 Å². The zero-order valence-electron chi connectivity index (χ0n) is 15.0. The Balaban J connectivity index is 1.35. The summed E-state index contributed by atoms with van der Waals surface area (Å²) in [5, 5.41) is 0. The second-order valence-corrected chi connectivity index (χ2v) is 7.14. The Morgan fingerprint density at radius 3 is 2.62 bits per heavy atom. The molecule has 2 atom stereocenters.